The zero-order valence-corrected chi connectivity index (χ0v) is 26.2. The number of alkyl halides is 6. The van der Waals surface area contributed by atoms with E-state index in [1.54, 1.807) is 13.2 Å². The Morgan fingerprint density at radius 2 is 1.68 bits per heavy atom. The van der Waals surface area contributed by atoms with Gasteiger partial charge in [0.1, 0.15) is 6.10 Å². The highest BCUT2D eigenvalue weighted by atomic mass is 19.4. The largest absolute Gasteiger partial charge is 0.439 e. The first kappa shape index (κ1) is 34.7. The quantitative estimate of drug-likeness (QED) is 0.203. The highest BCUT2D eigenvalue weighted by Gasteiger charge is 2.44. The zero-order chi connectivity index (χ0) is 34.1. The molecule has 2 heterocycles. The van der Waals surface area contributed by atoms with Crippen molar-refractivity contribution in [2.24, 2.45) is 5.92 Å². The molecule has 0 bridgehead atoms. The predicted molar refractivity (Wildman–Crippen MR) is 163 cm³/mol. The molecule has 3 aliphatic rings. The van der Waals surface area contributed by atoms with Crippen LogP contribution in [0, 0.1) is 5.92 Å². The number of hydrogen-bond acceptors (Lipinski definition) is 5. The van der Waals surface area contributed by atoms with E-state index in [1.807, 2.05) is 24.3 Å². The van der Waals surface area contributed by atoms with E-state index < -0.39 is 47.3 Å². The number of methoxy groups -OCH3 is 1. The monoisotopic (exact) mass is 664 g/mol. The van der Waals surface area contributed by atoms with Crippen molar-refractivity contribution in [2.45, 2.75) is 88.5 Å². The number of nitrogens with zero attached hydrogens (tertiary/aromatic N) is 2. The SMILES string of the molecule is C=C/C=C(\C=C(/COC)c1ccc(C2CC2)nc1CN1C(=O)O[C@H](c2cc(C(F)(F)F)cc(C(F)(F)F)c2)[C@@H]1C)C1CCC(O)CC1. The van der Waals surface area contributed by atoms with Gasteiger partial charge in [-0.2, -0.15) is 26.3 Å². The molecule has 2 aromatic rings. The minimum atomic E-state index is -5.04. The van der Waals surface area contributed by atoms with Crippen LogP contribution >= 0.6 is 0 Å². The molecular weight excluding hydrogens is 626 g/mol. The lowest BCUT2D eigenvalue weighted by molar-refractivity contribution is -0.143. The number of hydrogen-bond donors (Lipinski definition) is 1. The van der Waals surface area contributed by atoms with Crippen LogP contribution in [0.5, 0.6) is 0 Å². The molecule has 1 amide bonds. The predicted octanol–water partition coefficient (Wildman–Crippen LogP) is 8.77. The van der Waals surface area contributed by atoms with Gasteiger partial charge in [-0.3, -0.25) is 9.88 Å². The van der Waals surface area contributed by atoms with E-state index in [1.165, 1.54) is 11.8 Å². The number of benzene rings is 1. The number of halogens is 6. The van der Waals surface area contributed by atoms with Crippen LogP contribution in [0.2, 0.25) is 0 Å². The summed E-state index contributed by atoms with van der Waals surface area (Å²) in [6.07, 6.45) is -2.11. The highest BCUT2D eigenvalue weighted by molar-refractivity contribution is 5.74. The lowest BCUT2D eigenvalue weighted by atomic mass is 9.81. The van der Waals surface area contributed by atoms with E-state index in [-0.39, 0.29) is 37.2 Å². The van der Waals surface area contributed by atoms with Gasteiger partial charge in [0.2, 0.25) is 0 Å². The van der Waals surface area contributed by atoms with Crippen molar-refractivity contribution in [3.8, 4) is 0 Å². The fourth-order valence-corrected chi connectivity index (χ4v) is 6.40. The number of aliphatic hydroxyl groups is 1. The number of rotatable bonds is 10. The maximum atomic E-state index is 13.6. The van der Waals surface area contributed by atoms with Gasteiger partial charge in [0, 0.05) is 24.3 Å². The van der Waals surface area contributed by atoms with E-state index in [4.69, 9.17) is 14.5 Å². The molecule has 3 fully saturated rings. The first-order valence-corrected chi connectivity index (χ1v) is 15.7. The molecule has 1 aliphatic heterocycles. The minimum absolute atomic E-state index is 0.0521. The Morgan fingerprint density at radius 3 is 2.23 bits per heavy atom. The van der Waals surface area contributed by atoms with E-state index in [0.717, 1.165) is 42.5 Å². The fourth-order valence-electron chi connectivity index (χ4n) is 6.40. The average Bonchev–Trinajstić information content (AvgIpc) is 3.83. The van der Waals surface area contributed by atoms with Crippen LogP contribution in [0.1, 0.15) is 91.1 Å². The molecule has 1 aromatic carbocycles. The highest BCUT2D eigenvalue weighted by Crippen LogP contribution is 2.43. The second-order valence-corrected chi connectivity index (χ2v) is 12.5. The molecule has 0 unspecified atom stereocenters. The third-order valence-electron chi connectivity index (χ3n) is 9.11. The van der Waals surface area contributed by atoms with Crippen molar-refractivity contribution in [3.63, 3.8) is 0 Å². The van der Waals surface area contributed by atoms with Gasteiger partial charge in [-0.05, 0) is 92.3 Å². The first-order chi connectivity index (χ1) is 22.2. The van der Waals surface area contributed by atoms with Crippen LogP contribution in [0.4, 0.5) is 31.1 Å². The molecular formula is C35H38F6N2O4. The smallest absolute Gasteiger partial charge is 0.416 e. The summed E-state index contributed by atoms with van der Waals surface area (Å²) in [6.45, 7) is 5.51. The number of carbonyl (C=O) groups excluding carboxylic acids is 1. The van der Waals surface area contributed by atoms with Crippen LogP contribution in [0.25, 0.3) is 5.57 Å². The number of aromatic nitrogens is 1. The third-order valence-corrected chi connectivity index (χ3v) is 9.11. The standard InChI is InChI=1S/C35H38F6N2O4/c1-4-5-23(21-8-10-28(44)11-9-21)14-25(19-46-3)29-12-13-30(22-6-7-22)42-31(29)18-43-20(2)32(47-33(43)45)24-15-26(34(36,37)38)17-27(16-24)35(39,40)41/h4-5,12-17,20-22,28,32,44H,1,6-11,18-19H2,2-3H3/b23-5+,25-14+/t20-,21?,28?,32-/m0/s1. The van der Waals surface area contributed by atoms with Gasteiger partial charge in [0.25, 0.3) is 0 Å². The first-order valence-electron chi connectivity index (χ1n) is 15.7. The topological polar surface area (TPSA) is 71.9 Å². The van der Waals surface area contributed by atoms with E-state index in [0.29, 0.717) is 36.2 Å². The van der Waals surface area contributed by atoms with E-state index in [9.17, 15) is 36.2 Å². The number of carbonyl (C=O) groups is 1. The van der Waals surface area contributed by atoms with Crippen molar-refractivity contribution in [2.75, 3.05) is 13.7 Å². The number of amides is 1. The van der Waals surface area contributed by atoms with Crippen LogP contribution in [-0.4, -0.2) is 46.9 Å². The zero-order valence-electron chi connectivity index (χ0n) is 26.2. The van der Waals surface area contributed by atoms with Crippen LogP contribution < -0.4 is 0 Å². The van der Waals surface area contributed by atoms with Gasteiger partial charge in [-0.15, -0.1) is 0 Å². The van der Waals surface area contributed by atoms with Gasteiger partial charge in [-0.25, -0.2) is 4.79 Å². The van der Waals surface area contributed by atoms with Crippen molar-refractivity contribution in [1.29, 1.82) is 0 Å². The number of ether oxygens (including phenoxy) is 2. The van der Waals surface area contributed by atoms with Crippen LogP contribution in [0.15, 0.2) is 60.7 Å². The Morgan fingerprint density at radius 1 is 1.04 bits per heavy atom. The second kappa shape index (κ2) is 13.8. The molecule has 12 heteroatoms. The summed E-state index contributed by atoms with van der Waals surface area (Å²) in [5, 5.41) is 10.0. The molecule has 0 radical (unpaired) electrons. The summed E-state index contributed by atoms with van der Waals surface area (Å²) in [7, 11) is 1.56. The molecule has 1 saturated heterocycles. The lowest BCUT2D eigenvalue weighted by Crippen LogP contribution is -2.32. The average molecular weight is 665 g/mol. The van der Waals surface area contributed by atoms with Gasteiger partial charge in [-0.1, -0.05) is 30.9 Å². The number of pyridine rings is 1. The van der Waals surface area contributed by atoms with Gasteiger partial charge >= 0.3 is 18.4 Å². The molecule has 1 N–H and O–H groups in total. The molecule has 0 spiro atoms. The van der Waals surface area contributed by atoms with E-state index in [2.05, 4.69) is 6.58 Å². The summed E-state index contributed by atoms with van der Waals surface area (Å²) >= 11 is 0. The minimum Gasteiger partial charge on any atom is -0.439 e. The van der Waals surface area contributed by atoms with Crippen LogP contribution in [0.3, 0.4) is 0 Å². The fraction of sp³-hybridized carbons (Fsp3) is 0.486. The maximum Gasteiger partial charge on any atom is 0.416 e. The molecule has 1 aromatic heterocycles. The molecule has 2 aliphatic carbocycles. The van der Waals surface area contributed by atoms with Crippen molar-refractivity contribution in [3.05, 3.63) is 94.4 Å². The van der Waals surface area contributed by atoms with Crippen molar-refractivity contribution in [1.82, 2.24) is 9.88 Å². The number of aliphatic hydroxyl groups excluding tert-OH is 1. The Kier molecular flexibility index (Phi) is 10.2. The van der Waals surface area contributed by atoms with Crippen molar-refractivity contribution >= 4 is 11.7 Å². The molecule has 5 rings (SSSR count). The number of allylic oxidation sites excluding steroid dienone is 4. The Labute approximate surface area is 269 Å². The second-order valence-electron chi connectivity index (χ2n) is 12.5. The molecule has 47 heavy (non-hydrogen) atoms. The Hall–Kier alpha value is -3.64. The Bertz CT molecular complexity index is 1510. The van der Waals surface area contributed by atoms with Gasteiger partial charge < -0.3 is 14.6 Å². The summed E-state index contributed by atoms with van der Waals surface area (Å²) in [5.41, 5.74) is 0.491. The van der Waals surface area contributed by atoms with E-state index >= 15 is 0 Å². The summed E-state index contributed by atoms with van der Waals surface area (Å²) in [4.78, 5) is 19.4. The molecule has 254 valence electrons. The van der Waals surface area contributed by atoms with Crippen LogP contribution in [-0.2, 0) is 28.4 Å². The normalized spacial score (nSPS) is 24.4. The van der Waals surface area contributed by atoms with Gasteiger partial charge in [0.15, 0.2) is 0 Å². The summed E-state index contributed by atoms with van der Waals surface area (Å²) in [5.74, 6) is 0.456. The summed E-state index contributed by atoms with van der Waals surface area (Å²) < 4.78 is 92.6. The summed E-state index contributed by atoms with van der Waals surface area (Å²) in [6, 6.07) is 4.19. The maximum absolute atomic E-state index is 13.6. The molecule has 2 saturated carbocycles. The number of cyclic esters (lactones) is 1. The van der Waals surface area contributed by atoms with Gasteiger partial charge in [0.05, 0.1) is 42.1 Å². The van der Waals surface area contributed by atoms with Crippen molar-refractivity contribution < 1.29 is 45.7 Å². The Balaban J connectivity index is 1.50. The third kappa shape index (κ3) is 8.09. The molecule has 6 nitrogen and oxygen atoms in total. The lowest BCUT2D eigenvalue weighted by Gasteiger charge is -2.27. The molecule has 2 atom stereocenters.